The van der Waals surface area contributed by atoms with Crippen LogP contribution in [0.3, 0.4) is 0 Å². The summed E-state index contributed by atoms with van der Waals surface area (Å²) >= 11 is 5.88. The van der Waals surface area contributed by atoms with Crippen molar-refractivity contribution < 1.29 is 9.28 Å². The summed E-state index contributed by atoms with van der Waals surface area (Å²) in [4.78, 5) is 29.9. The molecule has 5 heterocycles. The number of hydrogen-bond acceptors (Lipinski definition) is 7. The molecule has 3 saturated heterocycles. The number of piperidine rings is 3. The number of halogens is 1. The number of para-hydroxylation sites is 1. The Morgan fingerprint density at radius 2 is 1.85 bits per heavy atom. The van der Waals surface area contributed by atoms with Crippen molar-refractivity contribution in [3.63, 3.8) is 0 Å². The Hall–Kier alpha value is -3.50. The highest BCUT2D eigenvalue weighted by Crippen LogP contribution is 2.37. The van der Waals surface area contributed by atoms with Crippen LogP contribution in [0.5, 0.6) is 0 Å². The lowest BCUT2D eigenvalue weighted by Gasteiger charge is -2.51. The van der Waals surface area contributed by atoms with Crippen LogP contribution in [0.4, 0.5) is 11.6 Å². The Morgan fingerprint density at radius 1 is 1.09 bits per heavy atom. The van der Waals surface area contributed by atoms with Crippen LogP contribution >= 0.6 is 11.6 Å². The maximum absolute atomic E-state index is 12.6. The number of carbonyl (C=O) groups is 1. The van der Waals surface area contributed by atoms with E-state index in [1.807, 2.05) is 18.2 Å². The van der Waals surface area contributed by atoms with Crippen LogP contribution < -0.4 is 22.5 Å². The molecule has 0 radical (unpaired) electrons. The number of nitrogen functional groups attached to an aromatic ring is 2. The van der Waals surface area contributed by atoms with E-state index in [-0.39, 0.29) is 34.5 Å². The molecule has 7 N–H and O–H groups in total. The van der Waals surface area contributed by atoms with Gasteiger partial charge in [0.15, 0.2) is 28.4 Å². The van der Waals surface area contributed by atoms with Crippen LogP contribution in [0.1, 0.15) is 29.0 Å². The van der Waals surface area contributed by atoms with Crippen molar-refractivity contribution in [2.75, 3.05) is 31.1 Å². The Balaban J connectivity index is 1.30. The highest BCUT2D eigenvalue weighted by Gasteiger charge is 2.46. The first kappa shape index (κ1) is 22.3. The normalized spacial score (nSPS) is 24.3. The van der Waals surface area contributed by atoms with Crippen molar-refractivity contribution in [1.82, 2.24) is 20.3 Å². The molecule has 1 aromatic carbocycles. The zero-order valence-corrected chi connectivity index (χ0v) is 19.4. The lowest BCUT2D eigenvalue weighted by atomic mass is 9.81. The standard InChI is InChI=1S/C23H26ClN9O/c24-19-21(26)31-20(25)18(30-19)22(34)32-23(27)29-17-12-33(9-7-14(17)8-10-33)11-15-6-5-13-3-1-2-4-16(13)28-15/h1-6,14,17H,7-12H2,(H6-,25,26,27,29,31,32,34)/p+1/t14?,17-,33?/m1/s1. The summed E-state index contributed by atoms with van der Waals surface area (Å²) in [5.41, 5.74) is 19.4. The summed E-state index contributed by atoms with van der Waals surface area (Å²) in [6.07, 6.45) is 2.13. The molecule has 6 rings (SSSR count). The average molecular weight is 481 g/mol. The second kappa shape index (κ2) is 8.69. The fourth-order valence-electron chi connectivity index (χ4n) is 5.15. The summed E-state index contributed by atoms with van der Waals surface area (Å²) in [7, 11) is 0. The Morgan fingerprint density at radius 3 is 2.65 bits per heavy atom. The number of hydrogen-bond donors (Lipinski definition) is 4. The van der Waals surface area contributed by atoms with Crippen molar-refractivity contribution in [2.24, 2.45) is 16.6 Å². The molecule has 11 heteroatoms. The van der Waals surface area contributed by atoms with E-state index < -0.39 is 5.91 Å². The van der Waals surface area contributed by atoms with Crippen LogP contribution in [0, 0.1) is 5.92 Å². The quantitative estimate of drug-likeness (QED) is 0.251. The zero-order valence-electron chi connectivity index (χ0n) is 18.6. The second-order valence-corrected chi connectivity index (χ2v) is 9.49. The topological polar surface area (TPSA) is 158 Å². The van der Waals surface area contributed by atoms with Gasteiger partial charge in [0.05, 0.1) is 24.3 Å². The highest BCUT2D eigenvalue weighted by atomic mass is 35.5. The molecule has 3 aromatic rings. The summed E-state index contributed by atoms with van der Waals surface area (Å²) in [5.74, 6) is -0.323. The molecule has 3 aliphatic heterocycles. The molecule has 0 spiro atoms. The van der Waals surface area contributed by atoms with E-state index in [0.29, 0.717) is 5.92 Å². The third-order valence-corrected chi connectivity index (χ3v) is 7.17. The minimum absolute atomic E-state index is 0.0155. The van der Waals surface area contributed by atoms with Gasteiger partial charge in [-0.3, -0.25) is 10.1 Å². The van der Waals surface area contributed by atoms with Gasteiger partial charge >= 0.3 is 0 Å². The third-order valence-electron chi connectivity index (χ3n) is 6.89. The number of carbonyl (C=O) groups excluding carboxylic acids is 1. The van der Waals surface area contributed by atoms with E-state index in [1.165, 1.54) is 0 Å². The first-order chi connectivity index (χ1) is 16.3. The number of fused-ring (bicyclic) bond motifs is 4. The number of nitrogens with zero attached hydrogens (tertiary/aromatic N) is 5. The number of aliphatic imine (C=N–C) groups is 1. The Kier molecular flexibility index (Phi) is 5.70. The minimum Gasteiger partial charge on any atom is -0.382 e. The van der Waals surface area contributed by atoms with E-state index in [0.717, 1.165) is 60.1 Å². The van der Waals surface area contributed by atoms with E-state index in [9.17, 15) is 4.79 Å². The lowest BCUT2D eigenvalue weighted by Crippen LogP contribution is -2.63. The van der Waals surface area contributed by atoms with Gasteiger partial charge in [0, 0.05) is 18.2 Å². The smallest absolute Gasteiger partial charge is 0.280 e. The predicted octanol–water partition coefficient (Wildman–Crippen LogP) is 1.70. The van der Waals surface area contributed by atoms with Gasteiger partial charge in [0.25, 0.3) is 5.91 Å². The molecule has 3 aliphatic rings. The monoisotopic (exact) mass is 480 g/mol. The maximum Gasteiger partial charge on any atom is 0.280 e. The van der Waals surface area contributed by atoms with Crippen molar-refractivity contribution in [3.8, 4) is 0 Å². The first-order valence-corrected chi connectivity index (χ1v) is 11.6. The largest absolute Gasteiger partial charge is 0.382 e. The first-order valence-electron chi connectivity index (χ1n) is 11.2. The molecular formula is C23H27ClN9O+. The van der Waals surface area contributed by atoms with Crippen molar-refractivity contribution in [2.45, 2.75) is 25.4 Å². The van der Waals surface area contributed by atoms with Gasteiger partial charge in [0.1, 0.15) is 19.1 Å². The van der Waals surface area contributed by atoms with E-state index in [4.69, 9.17) is 33.8 Å². The molecular weight excluding hydrogens is 454 g/mol. The van der Waals surface area contributed by atoms with Crippen LogP contribution in [-0.4, -0.2) is 57.0 Å². The molecule has 0 saturated carbocycles. The van der Waals surface area contributed by atoms with E-state index >= 15 is 0 Å². The zero-order chi connectivity index (χ0) is 23.9. The maximum atomic E-state index is 12.6. The van der Waals surface area contributed by atoms with Crippen LogP contribution in [-0.2, 0) is 6.54 Å². The fourth-order valence-corrected chi connectivity index (χ4v) is 5.28. The molecule has 0 aliphatic carbocycles. The average Bonchev–Trinajstić information content (AvgIpc) is 2.81. The number of anilines is 2. The number of pyridine rings is 1. The summed E-state index contributed by atoms with van der Waals surface area (Å²) in [5, 5.41) is 3.61. The molecule has 2 bridgehead atoms. The van der Waals surface area contributed by atoms with Crippen molar-refractivity contribution in [3.05, 3.63) is 52.9 Å². The molecule has 176 valence electrons. The molecule has 2 aromatic heterocycles. The number of nitrogens with one attached hydrogen (secondary N) is 1. The number of amides is 1. The molecule has 3 fully saturated rings. The van der Waals surface area contributed by atoms with Crippen LogP contribution in [0.2, 0.25) is 5.15 Å². The van der Waals surface area contributed by atoms with Gasteiger partial charge in [-0.2, -0.15) is 0 Å². The van der Waals surface area contributed by atoms with Gasteiger partial charge in [-0.1, -0.05) is 35.9 Å². The number of benzene rings is 1. The number of quaternary nitrogens is 1. The predicted molar refractivity (Wildman–Crippen MR) is 132 cm³/mol. The highest BCUT2D eigenvalue weighted by molar-refractivity contribution is 6.31. The van der Waals surface area contributed by atoms with E-state index in [2.05, 4.69) is 38.5 Å². The molecule has 0 unspecified atom stereocenters. The lowest BCUT2D eigenvalue weighted by molar-refractivity contribution is -0.956. The molecule has 1 atom stereocenters. The summed E-state index contributed by atoms with van der Waals surface area (Å²) in [6, 6.07) is 12.4. The van der Waals surface area contributed by atoms with Crippen LogP contribution in [0.25, 0.3) is 10.9 Å². The Bertz CT molecular complexity index is 1290. The Labute approximate surface area is 201 Å². The molecule has 34 heavy (non-hydrogen) atoms. The number of aromatic nitrogens is 3. The summed E-state index contributed by atoms with van der Waals surface area (Å²) in [6.45, 7) is 3.89. The van der Waals surface area contributed by atoms with Gasteiger partial charge in [-0.15, -0.1) is 0 Å². The van der Waals surface area contributed by atoms with Gasteiger partial charge in [0.2, 0.25) is 0 Å². The summed E-state index contributed by atoms with van der Waals surface area (Å²) < 4.78 is 0.920. The van der Waals surface area contributed by atoms with E-state index in [1.54, 1.807) is 0 Å². The number of guanidine groups is 1. The van der Waals surface area contributed by atoms with Crippen molar-refractivity contribution in [1.29, 1.82) is 0 Å². The van der Waals surface area contributed by atoms with Crippen molar-refractivity contribution >= 4 is 46.0 Å². The van der Waals surface area contributed by atoms with Gasteiger partial charge in [-0.05, 0) is 18.1 Å². The second-order valence-electron chi connectivity index (χ2n) is 9.13. The van der Waals surface area contributed by atoms with Crippen LogP contribution in [0.15, 0.2) is 41.4 Å². The minimum atomic E-state index is -0.626. The number of nitrogens with two attached hydrogens (primary N) is 3. The molecule has 1 amide bonds. The number of rotatable bonds is 4. The van der Waals surface area contributed by atoms with Gasteiger partial charge < -0.3 is 21.7 Å². The SMILES string of the molecule is NC(=N[C@@H]1C[N+]2(Cc3ccc4ccccc4n3)CCC1CC2)NC(=O)c1nc(Cl)c(N)nc1N. The fraction of sp³-hybridized carbons (Fsp3) is 0.348. The third kappa shape index (κ3) is 4.34. The molecule has 10 nitrogen and oxygen atoms in total. The van der Waals surface area contributed by atoms with Gasteiger partial charge in [-0.25, -0.2) is 19.9 Å².